The Morgan fingerprint density at radius 1 is 1.07 bits per heavy atom. The first-order chi connectivity index (χ1) is 19.4. The summed E-state index contributed by atoms with van der Waals surface area (Å²) in [6, 6.07) is 20.0. The Morgan fingerprint density at radius 3 is 2.45 bits per heavy atom. The number of methoxy groups -OCH3 is 1. The molecule has 210 valence electrons. The Morgan fingerprint density at radius 2 is 1.77 bits per heavy atom. The molecular weight excluding hydrogens is 534 g/mol. The summed E-state index contributed by atoms with van der Waals surface area (Å²) in [5.74, 6) is -0.419. The molecule has 0 radical (unpaired) electrons. The summed E-state index contributed by atoms with van der Waals surface area (Å²) in [7, 11) is 1.32. The highest BCUT2D eigenvalue weighted by Gasteiger charge is 2.33. The standard InChI is InChI=1S/C30H32ClN3O6/c1-39-28-18-24(15-16-26(28)34(37)38)40-20-29(35)33(19-22-11-5-8-14-25(22)31)27(17-21-9-3-2-4-10-21)30(36)32-23-12-6-7-13-23/h2-5,8-11,14-16,18,23,27H,6-7,12-13,17,19-20H2,1H3,(H,32,36)/t27-/m0/s1. The SMILES string of the molecule is COc1cc(OCC(=O)N(Cc2ccccc2Cl)[C@@H](Cc2ccccc2)C(=O)NC2CCCC2)ccc1[N+](=O)[O-]. The van der Waals surface area contributed by atoms with E-state index in [1.807, 2.05) is 42.5 Å². The Hall–Kier alpha value is -4.11. The summed E-state index contributed by atoms with van der Waals surface area (Å²) in [5, 5.41) is 14.9. The molecule has 0 spiro atoms. The maximum absolute atomic E-state index is 13.8. The fourth-order valence-corrected chi connectivity index (χ4v) is 5.05. The fourth-order valence-electron chi connectivity index (χ4n) is 4.86. The number of nitro groups is 1. The van der Waals surface area contributed by atoms with E-state index in [1.54, 1.807) is 12.1 Å². The zero-order valence-electron chi connectivity index (χ0n) is 22.3. The molecule has 1 aliphatic carbocycles. The van der Waals surface area contributed by atoms with E-state index in [4.69, 9.17) is 21.1 Å². The summed E-state index contributed by atoms with van der Waals surface area (Å²) in [5.41, 5.74) is 1.39. The Labute approximate surface area is 238 Å². The summed E-state index contributed by atoms with van der Waals surface area (Å²) in [4.78, 5) is 39.7. The number of nitrogens with zero attached hydrogens (tertiary/aromatic N) is 2. The number of carbonyl (C=O) groups excluding carboxylic acids is 2. The van der Waals surface area contributed by atoms with Crippen LogP contribution in [0.25, 0.3) is 0 Å². The highest BCUT2D eigenvalue weighted by atomic mass is 35.5. The van der Waals surface area contributed by atoms with Gasteiger partial charge in [-0.2, -0.15) is 0 Å². The molecule has 1 saturated carbocycles. The van der Waals surface area contributed by atoms with Crippen molar-refractivity contribution in [1.29, 1.82) is 0 Å². The summed E-state index contributed by atoms with van der Waals surface area (Å²) < 4.78 is 10.9. The zero-order chi connectivity index (χ0) is 28.5. The van der Waals surface area contributed by atoms with Crippen molar-refractivity contribution in [2.45, 2.75) is 50.7 Å². The largest absolute Gasteiger partial charge is 0.490 e. The van der Waals surface area contributed by atoms with Crippen LogP contribution in [-0.2, 0) is 22.6 Å². The van der Waals surface area contributed by atoms with Gasteiger partial charge in [-0.25, -0.2) is 0 Å². The molecule has 1 fully saturated rings. The van der Waals surface area contributed by atoms with Gasteiger partial charge in [0.25, 0.3) is 5.91 Å². The molecule has 4 rings (SSSR count). The fraction of sp³-hybridized carbons (Fsp3) is 0.333. The molecule has 40 heavy (non-hydrogen) atoms. The summed E-state index contributed by atoms with van der Waals surface area (Å²) in [6.07, 6.45) is 4.24. The second-order valence-corrected chi connectivity index (χ2v) is 10.1. The van der Waals surface area contributed by atoms with Crippen LogP contribution in [0.15, 0.2) is 72.8 Å². The van der Waals surface area contributed by atoms with Crippen LogP contribution in [0.1, 0.15) is 36.8 Å². The van der Waals surface area contributed by atoms with Crippen molar-refractivity contribution in [2.24, 2.45) is 0 Å². The lowest BCUT2D eigenvalue weighted by atomic mass is 10.0. The van der Waals surface area contributed by atoms with Crippen molar-refractivity contribution < 1.29 is 24.0 Å². The van der Waals surface area contributed by atoms with Crippen molar-refractivity contribution in [1.82, 2.24) is 10.2 Å². The highest BCUT2D eigenvalue weighted by molar-refractivity contribution is 6.31. The van der Waals surface area contributed by atoms with Crippen molar-refractivity contribution in [2.75, 3.05) is 13.7 Å². The Balaban J connectivity index is 1.62. The maximum Gasteiger partial charge on any atom is 0.311 e. The molecule has 3 aromatic rings. The molecule has 0 saturated heterocycles. The molecule has 3 aromatic carbocycles. The second kappa shape index (κ2) is 13.8. The molecule has 10 heteroatoms. The number of nitrogens with one attached hydrogen (secondary N) is 1. The number of amides is 2. The predicted molar refractivity (Wildman–Crippen MR) is 151 cm³/mol. The minimum absolute atomic E-state index is 0.0146. The minimum Gasteiger partial charge on any atom is -0.490 e. The van der Waals surface area contributed by atoms with Gasteiger partial charge in [0, 0.05) is 36.2 Å². The second-order valence-electron chi connectivity index (χ2n) is 9.69. The van der Waals surface area contributed by atoms with E-state index >= 15 is 0 Å². The van der Waals surface area contributed by atoms with Crippen molar-refractivity contribution in [3.8, 4) is 11.5 Å². The highest BCUT2D eigenvalue weighted by Crippen LogP contribution is 2.31. The lowest BCUT2D eigenvalue weighted by molar-refractivity contribution is -0.385. The first-order valence-electron chi connectivity index (χ1n) is 13.2. The van der Waals surface area contributed by atoms with Gasteiger partial charge in [-0.3, -0.25) is 19.7 Å². The number of hydrogen-bond donors (Lipinski definition) is 1. The molecule has 0 unspecified atom stereocenters. The Bertz CT molecular complexity index is 1330. The van der Waals surface area contributed by atoms with Crippen molar-refractivity contribution in [3.05, 3.63) is 99.1 Å². The van der Waals surface area contributed by atoms with E-state index < -0.39 is 23.5 Å². The van der Waals surface area contributed by atoms with Crippen LogP contribution in [0, 0.1) is 10.1 Å². The molecule has 1 aliphatic rings. The molecule has 2 amide bonds. The smallest absolute Gasteiger partial charge is 0.311 e. The van der Waals surface area contributed by atoms with E-state index in [2.05, 4.69) is 5.32 Å². The molecule has 0 heterocycles. The van der Waals surface area contributed by atoms with Gasteiger partial charge in [-0.05, 0) is 36.1 Å². The predicted octanol–water partition coefficient (Wildman–Crippen LogP) is 5.33. The van der Waals surface area contributed by atoms with Crippen LogP contribution in [0.4, 0.5) is 5.69 Å². The summed E-state index contributed by atoms with van der Waals surface area (Å²) in [6.45, 7) is -0.297. The van der Waals surface area contributed by atoms with Crippen LogP contribution >= 0.6 is 11.6 Å². The molecule has 1 N–H and O–H groups in total. The number of rotatable bonds is 12. The third-order valence-electron chi connectivity index (χ3n) is 6.98. The summed E-state index contributed by atoms with van der Waals surface area (Å²) >= 11 is 6.46. The quantitative estimate of drug-likeness (QED) is 0.234. The van der Waals surface area contributed by atoms with Gasteiger partial charge in [0.15, 0.2) is 6.61 Å². The number of benzene rings is 3. The van der Waals surface area contributed by atoms with E-state index in [-0.39, 0.29) is 35.7 Å². The molecule has 0 aliphatic heterocycles. The van der Waals surface area contributed by atoms with Gasteiger partial charge >= 0.3 is 5.69 Å². The number of hydrogen-bond acceptors (Lipinski definition) is 6. The minimum atomic E-state index is -0.818. The van der Waals surface area contributed by atoms with Crippen LogP contribution in [0.5, 0.6) is 11.5 Å². The zero-order valence-corrected chi connectivity index (χ0v) is 23.0. The van der Waals surface area contributed by atoms with Crippen LogP contribution < -0.4 is 14.8 Å². The first-order valence-corrected chi connectivity index (χ1v) is 13.6. The lowest BCUT2D eigenvalue weighted by Crippen LogP contribution is -2.53. The van der Waals surface area contributed by atoms with Gasteiger partial charge in [0.1, 0.15) is 11.8 Å². The van der Waals surface area contributed by atoms with Gasteiger partial charge in [-0.1, -0.05) is 73.0 Å². The van der Waals surface area contributed by atoms with Gasteiger partial charge in [-0.15, -0.1) is 0 Å². The van der Waals surface area contributed by atoms with Crippen LogP contribution in [0.3, 0.4) is 0 Å². The van der Waals surface area contributed by atoms with Gasteiger partial charge in [0.05, 0.1) is 12.0 Å². The number of nitro benzene ring substituents is 1. The van der Waals surface area contributed by atoms with E-state index in [0.717, 1.165) is 31.2 Å². The lowest BCUT2D eigenvalue weighted by Gasteiger charge is -2.32. The molecule has 0 aromatic heterocycles. The number of carbonyl (C=O) groups is 2. The molecule has 9 nitrogen and oxygen atoms in total. The number of ether oxygens (including phenoxy) is 2. The average molecular weight is 566 g/mol. The maximum atomic E-state index is 13.8. The van der Waals surface area contributed by atoms with Crippen molar-refractivity contribution >= 4 is 29.1 Å². The van der Waals surface area contributed by atoms with E-state index in [0.29, 0.717) is 17.0 Å². The van der Waals surface area contributed by atoms with Gasteiger partial charge < -0.3 is 19.7 Å². The third kappa shape index (κ3) is 7.51. The topological polar surface area (TPSA) is 111 Å². The molecular formula is C30H32ClN3O6. The molecule has 0 bridgehead atoms. The average Bonchev–Trinajstić information content (AvgIpc) is 3.47. The Kier molecular flexibility index (Phi) is 9.96. The number of halogens is 1. The van der Waals surface area contributed by atoms with E-state index in [9.17, 15) is 19.7 Å². The van der Waals surface area contributed by atoms with Gasteiger partial charge in [0.2, 0.25) is 11.7 Å². The van der Waals surface area contributed by atoms with Crippen LogP contribution in [0.2, 0.25) is 5.02 Å². The first kappa shape index (κ1) is 28.9. The van der Waals surface area contributed by atoms with Crippen molar-refractivity contribution in [3.63, 3.8) is 0 Å². The van der Waals surface area contributed by atoms with Crippen LogP contribution in [-0.4, -0.2) is 47.4 Å². The molecule has 1 atom stereocenters. The third-order valence-corrected chi connectivity index (χ3v) is 7.35. The van der Waals surface area contributed by atoms with E-state index in [1.165, 1.54) is 30.2 Å². The monoisotopic (exact) mass is 565 g/mol. The normalized spacial score (nSPS) is 13.8.